The van der Waals surface area contributed by atoms with Crippen molar-refractivity contribution in [1.29, 1.82) is 0 Å². The lowest BCUT2D eigenvalue weighted by atomic mass is 9.74. The van der Waals surface area contributed by atoms with E-state index in [2.05, 4.69) is 22.0 Å². The smallest absolute Gasteiger partial charge is 0.410 e. The number of piperidine rings is 2. The summed E-state index contributed by atoms with van der Waals surface area (Å²) in [6.45, 7) is 14.8. The van der Waals surface area contributed by atoms with Gasteiger partial charge in [0.25, 0.3) is 11.5 Å². The summed E-state index contributed by atoms with van der Waals surface area (Å²) in [7, 11) is 0. The van der Waals surface area contributed by atoms with Gasteiger partial charge in [0.1, 0.15) is 11.4 Å². The highest BCUT2D eigenvalue weighted by Crippen LogP contribution is 2.38. The van der Waals surface area contributed by atoms with Crippen LogP contribution in [0.15, 0.2) is 47.3 Å². The maximum Gasteiger partial charge on any atom is 0.410 e. The van der Waals surface area contributed by atoms with Crippen LogP contribution in [-0.4, -0.2) is 113 Å². The molecule has 3 saturated heterocycles. The van der Waals surface area contributed by atoms with E-state index < -0.39 is 17.3 Å². The van der Waals surface area contributed by atoms with Crippen molar-refractivity contribution in [2.45, 2.75) is 65.4 Å². The minimum Gasteiger partial charge on any atom is -0.444 e. The Balaban J connectivity index is 0.000000205. The van der Waals surface area contributed by atoms with Crippen LogP contribution in [0.1, 0.15) is 75.0 Å². The van der Waals surface area contributed by atoms with Crippen LogP contribution < -0.4 is 5.56 Å². The first-order valence-corrected chi connectivity index (χ1v) is 17.3. The van der Waals surface area contributed by atoms with Crippen LogP contribution in [0.2, 0.25) is 0 Å². The SMILES string of the molecule is CCN1CCCC2(CCCN(C(=O)OC(C)(C)C)C2)C1.O=CN1CCN(C(=O)c2cc(Cc3n[nH]c(=O)c4ccccc34)ccc2F)CC1. The minimum atomic E-state index is -0.587. The summed E-state index contributed by atoms with van der Waals surface area (Å²) in [5.41, 5.74) is 0.994. The molecule has 0 radical (unpaired) electrons. The van der Waals surface area contributed by atoms with Crippen molar-refractivity contribution >= 4 is 29.2 Å². The molecular weight excluding hydrogens is 627 g/mol. The van der Waals surface area contributed by atoms with Crippen molar-refractivity contribution in [3.63, 3.8) is 0 Å². The fraction of sp³-hybridized carbons (Fsp3) is 0.541. The number of amides is 3. The van der Waals surface area contributed by atoms with E-state index in [0.717, 1.165) is 44.4 Å². The molecule has 0 aliphatic carbocycles. The molecule has 11 nitrogen and oxygen atoms in total. The molecule has 3 aromatic rings. The predicted octanol–water partition coefficient (Wildman–Crippen LogP) is 4.69. The van der Waals surface area contributed by atoms with Crippen LogP contribution in [0.3, 0.4) is 0 Å². The number of H-pyrrole nitrogens is 1. The van der Waals surface area contributed by atoms with Crippen molar-refractivity contribution in [2.75, 3.05) is 58.9 Å². The number of halogens is 1. The number of piperazine rings is 1. The molecular formula is C37H49FN6O5. The third-order valence-electron chi connectivity index (χ3n) is 9.66. The summed E-state index contributed by atoms with van der Waals surface area (Å²) in [5, 5.41) is 7.88. The lowest BCUT2D eigenvalue weighted by Gasteiger charge is -2.48. The van der Waals surface area contributed by atoms with Gasteiger partial charge >= 0.3 is 6.09 Å². The number of benzene rings is 2. The molecule has 3 fully saturated rings. The molecule has 49 heavy (non-hydrogen) atoms. The molecule has 1 atom stereocenters. The van der Waals surface area contributed by atoms with E-state index in [1.165, 1.54) is 37.9 Å². The third kappa shape index (κ3) is 9.03. The van der Waals surface area contributed by atoms with E-state index in [1.54, 1.807) is 28.0 Å². The maximum absolute atomic E-state index is 14.4. The largest absolute Gasteiger partial charge is 0.444 e. The standard InChI is InChI=1S/C21H19FN4O3.C16H30N2O2/c22-18-6-5-14(11-17(18)21(29)26-9-7-25(13-27)8-10-26)12-19-15-3-1-2-4-16(15)20(28)24-23-19;1-5-17-10-6-8-16(12-17)9-7-11-18(13-16)14(19)20-15(2,3)4/h1-6,11,13H,7-10,12H2,(H,24,28);5-13H2,1-4H3. The Kier molecular flexibility index (Phi) is 11.4. The number of carbonyl (C=O) groups is 3. The molecule has 264 valence electrons. The molecule has 3 aliphatic heterocycles. The highest BCUT2D eigenvalue weighted by atomic mass is 19.1. The van der Waals surface area contributed by atoms with Crippen LogP contribution in [-0.2, 0) is 16.0 Å². The van der Waals surface area contributed by atoms with Crippen LogP contribution in [0, 0.1) is 11.2 Å². The number of aromatic nitrogens is 2. The Labute approximate surface area is 287 Å². The number of fused-ring (bicyclic) bond motifs is 1. The van der Waals surface area contributed by atoms with Crippen LogP contribution in [0.4, 0.5) is 9.18 Å². The highest BCUT2D eigenvalue weighted by Gasteiger charge is 2.41. The summed E-state index contributed by atoms with van der Waals surface area (Å²) in [4.78, 5) is 55.5. The van der Waals surface area contributed by atoms with E-state index in [-0.39, 0.29) is 17.2 Å². The Morgan fingerprint density at radius 1 is 0.959 bits per heavy atom. The molecule has 1 N–H and O–H groups in total. The zero-order chi connectivity index (χ0) is 35.2. The summed E-state index contributed by atoms with van der Waals surface area (Å²) < 4.78 is 19.9. The number of hydrogen-bond donors (Lipinski definition) is 1. The van der Waals surface area contributed by atoms with Crippen molar-refractivity contribution < 1.29 is 23.5 Å². The zero-order valence-corrected chi connectivity index (χ0v) is 29.2. The monoisotopic (exact) mass is 676 g/mol. The molecule has 6 rings (SSSR count). The van der Waals surface area contributed by atoms with E-state index in [9.17, 15) is 23.6 Å². The van der Waals surface area contributed by atoms with Gasteiger partial charge in [-0.1, -0.05) is 31.2 Å². The molecule has 2 aromatic carbocycles. The number of ether oxygens (including phenoxy) is 1. The van der Waals surface area contributed by atoms with Gasteiger partial charge in [-0.25, -0.2) is 14.3 Å². The maximum atomic E-state index is 14.4. The van der Waals surface area contributed by atoms with Crippen LogP contribution >= 0.6 is 0 Å². The normalized spacial score (nSPS) is 20.1. The molecule has 0 bridgehead atoms. The first-order valence-electron chi connectivity index (χ1n) is 17.3. The second-order valence-electron chi connectivity index (χ2n) is 14.4. The fourth-order valence-corrected chi connectivity index (χ4v) is 7.15. The van der Waals surface area contributed by atoms with E-state index in [4.69, 9.17) is 4.74 Å². The fourth-order valence-electron chi connectivity index (χ4n) is 7.15. The number of nitrogens with zero attached hydrogens (tertiary/aromatic N) is 5. The third-order valence-corrected chi connectivity index (χ3v) is 9.66. The molecule has 4 heterocycles. The van der Waals surface area contributed by atoms with Gasteiger partial charge in [0.2, 0.25) is 6.41 Å². The Bertz CT molecular complexity index is 1690. The molecule has 1 aromatic heterocycles. The Hall–Kier alpha value is -4.32. The van der Waals surface area contributed by atoms with Gasteiger partial charge < -0.3 is 24.3 Å². The molecule has 1 spiro atoms. The second kappa shape index (κ2) is 15.5. The lowest BCUT2D eigenvalue weighted by molar-refractivity contribution is -0.119. The minimum absolute atomic E-state index is 0.00390. The molecule has 12 heteroatoms. The lowest BCUT2D eigenvalue weighted by Crippen LogP contribution is -2.54. The average Bonchev–Trinajstić information content (AvgIpc) is 3.09. The van der Waals surface area contributed by atoms with Gasteiger partial charge in [0.05, 0.1) is 16.6 Å². The topological polar surface area (TPSA) is 119 Å². The first-order chi connectivity index (χ1) is 23.4. The van der Waals surface area contributed by atoms with E-state index >= 15 is 0 Å². The number of hydrogen-bond acceptors (Lipinski definition) is 7. The quantitative estimate of drug-likeness (QED) is 0.390. The number of likely N-dealkylation sites (tertiary alicyclic amines) is 2. The molecule has 3 aliphatic rings. The van der Waals surface area contributed by atoms with Gasteiger partial charge in [-0.2, -0.15) is 5.10 Å². The first kappa shape index (κ1) is 36.0. The predicted molar refractivity (Wildman–Crippen MR) is 186 cm³/mol. The molecule has 3 amide bonds. The molecule has 1 unspecified atom stereocenters. The van der Waals surface area contributed by atoms with Gasteiger partial charge in [-0.15, -0.1) is 0 Å². The summed E-state index contributed by atoms with van der Waals surface area (Å²) >= 11 is 0. The van der Waals surface area contributed by atoms with Crippen molar-refractivity contribution in [3.8, 4) is 0 Å². The molecule has 0 saturated carbocycles. The second-order valence-corrected chi connectivity index (χ2v) is 14.4. The van der Waals surface area contributed by atoms with Gasteiger partial charge in [0.15, 0.2) is 0 Å². The van der Waals surface area contributed by atoms with Crippen LogP contribution in [0.5, 0.6) is 0 Å². The number of rotatable bonds is 5. The van der Waals surface area contributed by atoms with Crippen molar-refractivity contribution in [1.82, 2.24) is 29.8 Å². The van der Waals surface area contributed by atoms with Crippen molar-refractivity contribution in [2.24, 2.45) is 5.41 Å². The summed E-state index contributed by atoms with van der Waals surface area (Å²) in [6, 6.07) is 11.6. The number of carbonyl (C=O) groups excluding carboxylic acids is 3. The average molecular weight is 677 g/mol. The highest BCUT2D eigenvalue weighted by molar-refractivity contribution is 5.95. The van der Waals surface area contributed by atoms with Gasteiger partial charge in [-0.05, 0) is 83.3 Å². The van der Waals surface area contributed by atoms with Crippen molar-refractivity contribution in [3.05, 3.63) is 75.5 Å². The van der Waals surface area contributed by atoms with Crippen LogP contribution in [0.25, 0.3) is 10.8 Å². The Morgan fingerprint density at radius 2 is 1.65 bits per heavy atom. The Morgan fingerprint density at radius 3 is 2.33 bits per heavy atom. The number of aromatic amines is 1. The van der Waals surface area contributed by atoms with Gasteiger partial charge in [-0.3, -0.25) is 14.4 Å². The summed E-state index contributed by atoms with van der Waals surface area (Å²) in [6.07, 6.45) is 5.84. The number of nitrogens with one attached hydrogen (secondary N) is 1. The van der Waals surface area contributed by atoms with E-state index in [1.807, 2.05) is 37.8 Å². The van der Waals surface area contributed by atoms with E-state index in [0.29, 0.717) is 54.7 Å². The zero-order valence-electron chi connectivity index (χ0n) is 29.2. The summed E-state index contributed by atoms with van der Waals surface area (Å²) in [5.74, 6) is -0.981. The van der Waals surface area contributed by atoms with Gasteiger partial charge in [0, 0.05) is 63.0 Å².